The van der Waals surface area contributed by atoms with Crippen LogP contribution >= 0.6 is 27.9 Å². The van der Waals surface area contributed by atoms with Gasteiger partial charge in [0.2, 0.25) is 0 Å². The molecule has 0 spiro atoms. The molecule has 32 heavy (non-hydrogen) atoms. The molecular weight excluding hydrogens is 507 g/mol. The molecule has 0 aliphatic carbocycles. The van der Waals surface area contributed by atoms with Gasteiger partial charge in [0.05, 0.1) is 0 Å². The van der Waals surface area contributed by atoms with Crippen LogP contribution in [0.2, 0.25) is 6.55 Å². The number of benzene rings is 3. The standard InChI is InChI=1S/C27H29Si.3ClH.Ti/c1-18-11-19(2)14-24(13-18)28(6,25-15-20(3)12-21(4)16-25)27-22(5)17-23-9-7-8-10-26(23)27;;;;/h7-17H,1-6H3;3*1H;/q-1;;;;+4/p-3. The zero-order chi connectivity index (χ0) is 23.6. The van der Waals surface area contributed by atoms with Gasteiger partial charge in [-0.2, -0.15) is 6.07 Å². The van der Waals surface area contributed by atoms with Gasteiger partial charge in [0.25, 0.3) is 0 Å². The first-order valence-corrected chi connectivity index (χ1v) is 19.6. The molecule has 0 aliphatic rings. The van der Waals surface area contributed by atoms with E-state index >= 15 is 0 Å². The number of rotatable bonds is 3. The van der Waals surface area contributed by atoms with Crippen LogP contribution in [-0.2, 0) is 14.7 Å². The Morgan fingerprint density at radius 3 is 1.50 bits per heavy atom. The average Bonchev–Trinajstić information content (AvgIpc) is 3.01. The van der Waals surface area contributed by atoms with Gasteiger partial charge >= 0.3 is 42.6 Å². The predicted molar refractivity (Wildman–Crippen MR) is 144 cm³/mol. The molecule has 0 atom stereocenters. The van der Waals surface area contributed by atoms with E-state index in [9.17, 15) is 0 Å². The molecule has 0 aliphatic heterocycles. The van der Waals surface area contributed by atoms with Gasteiger partial charge in [-0.1, -0.05) is 88.6 Å². The van der Waals surface area contributed by atoms with Crippen molar-refractivity contribution in [2.45, 2.75) is 41.2 Å². The molecule has 5 heteroatoms. The molecule has 0 aromatic heterocycles. The van der Waals surface area contributed by atoms with Gasteiger partial charge in [0.1, 0.15) is 8.07 Å². The summed E-state index contributed by atoms with van der Waals surface area (Å²) in [5.41, 5.74) is 6.84. The fraction of sp³-hybridized carbons (Fsp3) is 0.222. The van der Waals surface area contributed by atoms with Crippen molar-refractivity contribution in [3.8, 4) is 0 Å². The van der Waals surface area contributed by atoms with Crippen molar-refractivity contribution in [2.24, 2.45) is 0 Å². The summed E-state index contributed by atoms with van der Waals surface area (Å²) in [6, 6.07) is 25.6. The topological polar surface area (TPSA) is 0 Å². The van der Waals surface area contributed by atoms with Crippen LogP contribution < -0.4 is 15.6 Å². The molecule has 0 bridgehead atoms. The molecule has 0 saturated heterocycles. The second-order valence-corrected chi connectivity index (χ2v) is 20.5. The first-order chi connectivity index (χ1) is 15.0. The average molecular weight is 536 g/mol. The van der Waals surface area contributed by atoms with E-state index in [1.54, 1.807) is 5.19 Å². The Kier molecular flexibility index (Phi) is 8.47. The van der Waals surface area contributed by atoms with E-state index in [1.165, 1.54) is 49.0 Å². The zero-order valence-corrected chi connectivity index (χ0v) is 24.3. The van der Waals surface area contributed by atoms with Crippen molar-refractivity contribution >= 4 is 62.3 Å². The summed E-state index contributed by atoms with van der Waals surface area (Å²) in [6.07, 6.45) is 0. The molecule has 0 radical (unpaired) electrons. The van der Waals surface area contributed by atoms with Gasteiger partial charge in [-0.3, -0.25) is 0 Å². The Morgan fingerprint density at radius 2 is 1.06 bits per heavy atom. The number of hydrogen-bond acceptors (Lipinski definition) is 0. The molecule has 0 N–H and O–H groups in total. The summed E-state index contributed by atoms with van der Waals surface area (Å²) < 4.78 is 0. The quantitative estimate of drug-likeness (QED) is 0.191. The SMILES string of the molecule is Cc1cc(C)cc([Si](C)(c2cc(C)cc(C)c2)[c-]2c(C)cc3ccccc32)c1.[Cl][Ti+]([Cl])[Cl]. The van der Waals surface area contributed by atoms with Crippen molar-refractivity contribution in [1.29, 1.82) is 0 Å². The van der Waals surface area contributed by atoms with Crippen LogP contribution in [0.25, 0.3) is 10.8 Å². The fourth-order valence-corrected chi connectivity index (χ4v) is 9.62. The predicted octanol–water partition coefficient (Wildman–Crippen LogP) is 7.27. The van der Waals surface area contributed by atoms with Crippen LogP contribution in [0, 0.1) is 34.6 Å². The second kappa shape index (κ2) is 10.6. The molecule has 166 valence electrons. The minimum atomic E-state index is -2.16. The van der Waals surface area contributed by atoms with E-state index in [1.807, 2.05) is 0 Å². The van der Waals surface area contributed by atoms with E-state index in [4.69, 9.17) is 27.9 Å². The molecule has 0 unspecified atom stereocenters. The molecule has 0 saturated carbocycles. The summed E-state index contributed by atoms with van der Waals surface area (Å²) in [7, 11) is 12.8. The van der Waals surface area contributed by atoms with E-state index in [0.29, 0.717) is 0 Å². The van der Waals surface area contributed by atoms with Gasteiger partial charge in [-0.25, -0.2) is 0 Å². The molecule has 4 aromatic carbocycles. The van der Waals surface area contributed by atoms with Gasteiger partial charge < -0.3 is 0 Å². The Hall–Kier alpha value is -0.929. The fourth-order valence-electron chi connectivity index (χ4n) is 5.01. The summed E-state index contributed by atoms with van der Waals surface area (Å²) >= 11 is -1.92. The summed E-state index contributed by atoms with van der Waals surface area (Å²) in [5.74, 6) is 0. The maximum atomic E-state index is 4.97. The summed E-state index contributed by atoms with van der Waals surface area (Å²) in [4.78, 5) is 0. The van der Waals surface area contributed by atoms with Crippen LogP contribution in [0.1, 0.15) is 27.8 Å². The van der Waals surface area contributed by atoms with Crippen LogP contribution in [0.3, 0.4) is 0 Å². The number of halogens is 3. The van der Waals surface area contributed by atoms with Crippen molar-refractivity contribution in [1.82, 2.24) is 0 Å². The van der Waals surface area contributed by atoms with Crippen molar-refractivity contribution in [3.05, 3.63) is 94.5 Å². The van der Waals surface area contributed by atoms with Gasteiger partial charge in [0, 0.05) is 0 Å². The van der Waals surface area contributed by atoms with Gasteiger partial charge in [-0.05, 0) is 27.7 Å². The normalized spacial score (nSPS) is 11.3. The van der Waals surface area contributed by atoms with E-state index < -0.39 is 22.8 Å². The second-order valence-electron chi connectivity index (χ2n) is 8.88. The minimum absolute atomic E-state index is 1.35. The Labute approximate surface area is 211 Å². The monoisotopic (exact) mass is 534 g/mol. The first kappa shape index (κ1) is 25.7. The Balaban J connectivity index is 0.000000668. The van der Waals surface area contributed by atoms with E-state index in [2.05, 4.69) is 108 Å². The molecule has 0 fully saturated rings. The molecule has 0 amide bonds. The first-order valence-electron chi connectivity index (χ1n) is 10.7. The van der Waals surface area contributed by atoms with Crippen LogP contribution in [0.15, 0.2) is 66.7 Å². The number of aryl methyl sites for hydroxylation is 5. The summed E-state index contributed by atoms with van der Waals surface area (Å²) in [6.45, 7) is 13.7. The molecule has 0 nitrogen and oxygen atoms in total. The van der Waals surface area contributed by atoms with Gasteiger partial charge in [-0.15, -0.1) is 39.7 Å². The Morgan fingerprint density at radius 1 is 0.656 bits per heavy atom. The third kappa shape index (κ3) is 5.58. The maximum absolute atomic E-state index is 4.97. The van der Waals surface area contributed by atoms with Crippen LogP contribution in [0.4, 0.5) is 0 Å². The summed E-state index contributed by atoms with van der Waals surface area (Å²) in [5, 5.41) is 7.37. The number of fused-ring (bicyclic) bond motifs is 1. The van der Waals surface area contributed by atoms with E-state index in [0.717, 1.165) is 0 Å². The Bertz CT molecular complexity index is 1150. The van der Waals surface area contributed by atoms with Crippen LogP contribution in [0.5, 0.6) is 0 Å². The zero-order valence-electron chi connectivity index (χ0n) is 19.5. The molecule has 0 heterocycles. The van der Waals surface area contributed by atoms with Crippen molar-refractivity contribution in [3.63, 3.8) is 0 Å². The third-order valence-electron chi connectivity index (χ3n) is 6.09. The molecule has 4 rings (SSSR count). The van der Waals surface area contributed by atoms with Crippen molar-refractivity contribution < 1.29 is 14.7 Å². The number of hydrogen-bond donors (Lipinski definition) is 0. The van der Waals surface area contributed by atoms with Gasteiger partial charge in [0.15, 0.2) is 0 Å². The van der Waals surface area contributed by atoms with E-state index in [-0.39, 0.29) is 0 Å². The molecule has 4 aromatic rings. The molecular formula is C27H29Cl3SiTi. The van der Waals surface area contributed by atoms with Crippen LogP contribution in [-0.4, -0.2) is 8.07 Å². The van der Waals surface area contributed by atoms with Crippen molar-refractivity contribution in [2.75, 3.05) is 0 Å². The third-order valence-corrected chi connectivity index (χ3v) is 10.6.